The van der Waals surface area contributed by atoms with Crippen molar-refractivity contribution in [1.29, 1.82) is 0 Å². The zero-order valence-electron chi connectivity index (χ0n) is 12.4. The number of hydrogen-bond donors (Lipinski definition) is 0. The van der Waals surface area contributed by atoms with Gasteiger partial charge in [0.1, 0.15) is 5.75 Å². The monoisotopic (exact) mass is 379 g/mol. The molecule has 0 spiro atoms. The highest BCUT2D eigenvalue weighted by molar-refractivity contribution is 9.11. The maximum Gasteiger partial charge on any atom is 0.142 e. The summed E-state index contributed by atoms with van der Waals surface area (Å²) in [5, 5.41) is 6.70. The predicted octanol–water partition coefficient (Wildman–Crippen LogP) is 3.68. The van der Waals surface area contributed by atoms with Gasteiger partial charge in [-0.05, 0) is 40.2 Å². The first-order valence-corrected chi connectivity index (χ1v) is 8.79. The van der Waals surface area contributed by atoms with Crippen LogP contribution in [0.1, 0.15) is 4.88 Å². The van der Waals surface area contributed by atoms with Crippen LogP contribution in [0.15, 0.2) is 45.3 Å². The van der Waals surface area contributed by atoms with E-state index in [9.17, 15) is 0 Å². The summed E-state index contributed by atoms with van der Waals surface area (Å²) in [6.07, 6.45) is 1.94. The average Bonchev–Trinajstić information content (AvgIpc) is 2.99. The van der Waals surface area contributed by atoms with Gasteiger partial charge in [-0.3, -0.25) is 5.01 Å². The van der Waals surface area contributed by atoms with Crippen molar-refractivity contribution in [3.63, 3.8) is 0 Å². The van der Waals surface area contributed by atoms with E-state index in [4.69, 9.17) is 4.74 Å². The van der Waals surface area contributed by atoms with Crippen molar-refractivity contribution in [3.8, 4) is 5.75 Å². The number of nitrogens with zero attached hydrogens (tertiary/aromatic N) is 3. The minimum atomic E-state index is 0.918. The molecule has 2 aromatic rings. The number of anilines is 1. The Balaban J connectivity index is 1.59. The topological polar surface area (TPSA) is 28.1 Å². The van der Waals surface area contributed by atoms with Crippen LogP contribution in [0.4, 0.5) is 5.69 Å². The summed E-state index contributed by atoms with van der Waals surface area (Å²) in [7, 11) is 1.72. The Hall–Kier alpha value is -1.53. The Morgan fingerprint density at radius 2 is 1.91 bits per heavy atom. The second-order valence-electron chi connectivity index (χ2n) is 5.00. The first-order valence-electron chi connectivity index (χ1n) is 7.18. The number of hydrogen-bond acceptors (Lipinski definition) is 5. The highest BCUT2D eigenvalue weighted by Crippen LogP contribution is 2.28. The van der Waals surface area contributed by atoms with Crippen LogP contribution in [0.2, 0.25) is 0 Å². The molecule has 2 heterocycles. The van der Waals surface area contributed by atoms with Gasteiger partial charge in [-0.2, -0.15) is 5.10 Å². The normalized spacial score (nSPS) is 15.5. The van der Waals surface area contributed by atoms with E-state index in [0.29, 0.717) is 0 Å². The Kier molecular flexibility index (Phi) is 5.00. The Labute approximate surface area is 143 Å². The van der Waals surface area contributed by atoms with Crippen molar-refractivity contribution < 1.29 is 4.74 Å². The summed E-state index contributed by atoms with van der Waals surface area (Å²) >= 11 is 5.16. The zero-order valence-corrected chi connectivity index (χ0v) is 14.8. The summed E-state index contributed by atoms with van der Waals surface area (Å²) in [6, 6.07) is 12.3. The molecule has 1 aromatic carbocycles. The Bertz CT molecular complexity index is 650. The first kappa shape index (κ1) is 15.4. The van der Waals surface area contributed by atoms with Gasteiger partial charge in [0.15, 0.2) is 0 Å². The molecular weight excluding hydrogens is 362 g/mol. The van der Waals surface area contributed by atoms with Crippen LogP contribution >= 0.6 is 27.3 Å². The molecule has 0 unspecified atom stereocenters. The van der Waals surface area contributed by atoms with Crippen molar-refractivity contribution in [3.05, 3.63) is 45.1 Å². The number of rotatable bonds is 4. The third-order valence-corrected chi connectivity index (χ3v) is 5.18. The van der Waals surface area contributed by atoms with E-state index < -0.39 is 0 Å². The molecule has 6 heteroatoms. The third kappa shape index (κ3) is 3.62. The van der Waals surface area contributed by atoms with Gasteiger partial charge in [-0.25, -0.2) is 0 Å². The Morgan fingerprint density at radius 3 is 2.59 bits per heavy atom. The number of thiophene rings is 1. The minimum absolute atomic E-state index is 0.918. The van der Waals surface area contributed by atoms with Gasteiger partial charge in [0.05, 0.1) is 35.9 Å². The predicted molar refractivity (Wildman–Crippen MR) is 96.4 cm³/mol. The molecule has 0 amide bonds. The molecule has 0 atom stereocenters. The number of para-hydroxylation sites is 2. The minimum Gasteiger partial charge on any atom is -0.495 e. The van der Waals surface area contributed by atoms with Gasteiger partial charge < -0.3 is 9.64 Å². The van der Waals surface area contributed by atoms with Crippen LogP contribution < -0.4 is 9.64 Å². The van der Waals surface area contributed by atoms with Gasteiger partial charge >= 0.3 is 0 Å². The quantitative estimate of drug-likeness (QED) is 0.758. The first-order chi connectivity index (χ1) is 10.8. The fraction of sp³-hybridized carbons (Fsp3) is 0.312. The summed E-state index contributed by atoms with van der Waals surface area (Å²) in [4.78, 5) is 3.52. The van der Waals surface area contributed by atoms with E-state index in [0.717, 1.165) is 41.4 Å². The molecule has 1 aliphatic rings. The smallest absolute Gasteiger partial charge is 0.142 e. The second kappa shape index (κ2) is 7.15. The van der Waals surface area contributed by atoms with Crippen LogP contribution in [-0.2, 0) is 0 Å². The highest BCUT2D eigenvalue weighted by atomic mass is 79.9. The molecule has 1 aromatic heterocycles. The van der Waals surface area contributed by atoms with Crippen LogP contribution in [-0.4, -0.2) is 44.5 Å². The number of benzene rings is 1. The molecule has 1 fully saturated rings. The van der Waals surface area contributed by atoms with Gasteiger partial charge in [-0.15, -0.1) is 11.3 Å². The molecule has 0 bridgehead atoms. The van der Waals surface area contributed by atoms with Gasteiger partial charge in [0.25, 0.3) is 0 Å². The second-order valence-corrected chi connectivity index (χ2v) is 7.49. The van der Waals surface area contributed by atoms with Gasteiger partial charge in [0.2, 0.25) is 0 Å². The lowest BCUT2D eigenvalue weighted by molar-refractivity contribution is 0.271. The fourth-order valence-electron chi connectivity index (χ4n) is 2.48. The SMILES string of the molecule is COc1ccccc1N1CCN(/N=C/c2ccc(Br)s2)CC1. The molecule has 1 saturated heterocycles. The molecule has 0 saturated carbocycles. The number of methoxy groups -OCH3 is 1. The van der Waals surface area contributed by atoms with E-state index in [2.05, 4.69) is 49.1 Å². The lowest BCUT2D eigenvalue weighted by Gasteiger charge is -2.35. The average molecular weight is 380 g/mol. The number of piperazine rings is 1. The summed E-state index contributed by atoms with van der Waals surface area (Å²) < 4.78 is 6.58. The zero-order chi connectivity index (χ0) is 15.4. The van der Waals surface area contributed by atoms with E-state index >= 15 is 0 Å². The molecule has 0 radical (unpaired) electrons. The summed E-state index contributed by atoms with van der Waals surface area (Å²) in [5.41, 5.74) is 1.16. The van der Waals surface area contributed by atoms with E-state index in [1.165, 1.54) is 4.88 Å². The number of hydrazone groups is 1. The third-order valence-electron chi connectivity index (χ3n) is 3.62. The van der Waals surface area contributed by atoms with Crippen LogP contribution in [0.5, 0.6) is 5.75 Å². The van der Waals surface area contributed by atoms with Crippen molar-refractivity contribution in [2.45, 2.75) is 0 Å². The van der Waals surface area contributed by atoms with E-state index in [-0.39, 0.29) is 0 Å². The molecule has 3 rings (SSSR count). The molecule has 116 valence electrons. The Morgan fingerprint density at radius 1 is 1.14 bits per heavy atom. The molecular formula is C16H18BrN3OS. The van der Waals surface area contributed by atoms with Crippen molar-refractivity contribution in [2.24, 2.45) is 5.10 Å². The number of halogens is 1. The number of ether oxygens (including phenoxy) is 1. The van der Waals surface area contributed by atoms with Crippen molar-refractivity contribution >= 4 is 39.2 Å². The lowest BCUT2D eigenvalue weighted by atomic mass is 10.2. The maximum atomic E-state index is 5.45. The molecule has 0 N–H and O–H groups in total. The fourth-order valence-corrected chi connectivity index (χ4v) is 3.77. The summed E-state index contributed by atoms with van der Waals surface area (Å²) in [6.45, 7) is 3.74. The van der Waals surface area contributed by atoms with Crippen molar-refractivity contribution in [2.75, 3.05) is 38.2 Å². The lowest BCUT2D eigenvalue weighted by Crippen LogP contribution is -2.44. The van der Waals surface area contributed by atoms with Gasteiger partial charge in [-0.1, -0.05) is 12.1 Å². The largest absolute Gasteiger partial charge is 0.495 e. The highest BCUT2D eigenvalue weighted by Gasteiger charge is 2.18. The van der Waals surface area contributed by atoms with E-state index in [1.807, 2.05) is 24.4 Å². The van der Waals surface area contributed by atoms with Crippen LogP contribution in [0.25, 0.3) is 0 Å². The molecule has 0 aliphatic carbocycles. The standard InChI is InChI=1S/C16H18BrN3OS/c1-21-15-5-3-2-4-14(15)19-8-10-20(11-9-19)18-12-13-6-7-16(17)22-13/h2-7,12H,8-11H2,1H3/b18-12+. The van der Waals surface area contributed by atoms with E-state index in [1.54, 1.807) is 18.4 Å². The molecule has 1 aliphatic heterocycles. The van der Waals surface area contributed by atoms with Crippen LogP contribution in [0, 0.1) is 0 Å². The maximum absolute atomic E-state index is 5.45. The van der Waals surface area contributed by atoms with Crippen molar-refractivity contribution in [1.82, 2.24) is 5.01 Å². The van der Waals surface area contributed by atoms with Crippen LogP contribution in [0.3, 0.4) is 0 Å². The summed E-state index contributed by atoms with van der Waals surface area (Å²) in [5.74, 6) is 0.933. The van der Waals surface area contributed by atoms with Gasteiger partial charge in [0, 0.05) is 18.0 Å². The molecule has 4 nitrogen and oxygen atoms in total. The molecule has 22 heavy (non-hydrogen) atoms.